The summed E-state index contributed by atoms with van der Waals surface area (Å²) >= 11 is 5.63. The molecular formula is C8H8ClO-. The van der Waals surface area contributed by atoms with Gasteiger partial charge in [0, 0.05) is 5.02 Å². The maximum absolute atomic E-state index is 10.2. The van der Waals surface area contributed by atoms with Crippen molar-refractivity contribution in [2.75, 3.05) is 6.61 Å². The van der Waals surface area contributed by atoms with Gasteiger partial charge in [0.25, 0.3) is 0 Å². The van der Waals surface area contributed by atoms with E-state index in [9.17, 15) is 5.11 Å². The van der Waals surface area contributed by atoms with E-state index in [1.165, 1.54) is 0 Å². The minimum atomic E-state index is -0.0539. The summed E-state index contributed by atoms with van der Waals surface area (Å²) in [6.07, 6.45) is 0.594. The second-order valence-corrected chi connectivity index (χ2v) is 2.52. The first kappa shape index (κ1) is 7.58. The summed E-state index contributed by atoms with van der Waals surface area (Å²) in [6.45, 7) is -0.0539. The molecule has 0 spiro atoms. The van der Waals surface area contributed by atoms with E-state index in [0.717, 1.165) is 10.6 Å². The predicted octanol–water partition coefficient (Wildman–Crippen LogP) is 1.24. The molecular weight excluding hydrogens is 148 g/mol. The van der Waals surface area contributed by atoms with E-state index in [4.69, 9.17) is 11.6 Å². The second-order valence-electron chi connectivity index (χ2n) is 2.08. The molecule has 1 aromatic carbocycles. The molecule has 1 rings (SSSR count). The van der Waals surface area contributed by atoms with Crippen LogP contribution in [0.4, 0.5) is 0 Å². The first-order valence-electron chi connectivity index (χ1n) is 3.15. The highest BCUT2D eigenvalue weighted by Gasteiger charge is 1.87. The zero-order valence-electron chi connectivity index (χ0n) is 5.51. The van der Waals surface area contributed by atoms with Gasteiger partial charge < -0.3 is 5.11 Å². The zero-order valence-corrected chi connectivity index (χ0v) is 6.27. The lowest BCUT2D eigenvalue weighted by Crippen LogP contribution is -2.07. The molecule has 2 heteroatoms. The molecule has 0 unspecified atom stereocenters. The quantitative estimate of drug-likeness (QED) is 0.630. The molecule has 1 nitrogen and oxygen atoms in total. The number of hydrogen-bond donors (Lipinski definition) is 0. The van der Waals surface area contributed by atoms with Gasteiger partial charge in [-0.05, 0) is 24.1 Å². The summed E-state index contributed by atoms with van der Waals surface area (Å²) < 4.78 is 0. The Morgan fingerprint density at radius 2 is 1.80 bits per heavy atom. The summed E-state index contributed by atoms with van der Waals surface area (Å²) in [4.78, 5) is 0. The molecule has 0 aromatic heterocycles. The van der Waals surface area contributed by atoms with E-state index in [1.54, 1.807) is 12.1 Å². The van der Waals surface area contributed by atoms with Crippen LogP contribution in [0.3, 0.4) is 0 Å². The Morgan fingerprint density at radius 1 is 1.20 bits per heavy atom. The molecule has 10 heavy (non-hydrogen) atoms. The monoisotopic (exact) mass is 155 g/mol. The normalized spacial score (nSPS) is 9.80. The number of hydrogen-bond acceptors (Lipinski definition) is 1. The Hall–Kier alpha value is -0.530. The molecule has 0 atom stereocenters. The molecule has 54 valence electrons. The predicted molar refractivity (Wildman–Crippen MR) is 40.0 cm³/mol. The van der Waals surface area contributed by atoms with Gasteiger partial charge in [-0.15, -0.1) is 6.61 Å². The van der Waals surface area contributed by atoms with Gasteiger partial charge in [0.15, 0.2) is 0 Å². The van der Waals surface area contributed by atoms with Crippen molar-refractivity contribution in [2.24, 2.45) is 0 Å². The maximum Gasteiger partial charge on any atom is 0.0406 e. The van der Waals surface area contributed by atoms with Gasteiger partial charge in [0.2, 0.25) is 0 Å². The van der Waals surface area contributed by atoms with E-state index in [1.807, 2.05) is 12.1 Å². The Kier molecular flexibility index (Phi) is 2.72. The molecule has 0 bridgehead atoms. The van der Waals surface area contributed by atoms with Gasteiger partial charge in [-0.2, -0.15) is 0 Å². The summed E-state index contributed by atoms with van der Waals surface area (Å²) in [5.74, 6) is 0. The standard InChI is InChI=1S/C8H8ClO/c9-8-3-1-7(2-4-8)5-6-10/h1-4H,5-6H2/q-1. The molecule has 0 aliphatic rings. The Labute approximate surface area is 65.3 Å². The van der Waals surface area contributed by atoms with Crippen molar-refractivity contribution in [3.63, 3.8) is 0 Å². The number of rotatable bonds is 2. The fourth-order valence-electron chi connectivity index (χ4n) is 0.769. The van der Waals surface area contributed by atoms with Crippen molar-refractivity contribution in [3.8, 4) is 0 Å². The van der Waals surface area contributed by atoms with Crippen molar-refractivity contribution < 1.29 is 5.11 Å². The van der Waals surface area contributed by atoms with Crippen LogP contribution in [0.2, 0.25) is 5.02 Å². The van der Waals surface area contributed by atoms with Crippen LogP contribution in [-0.4, -0.2) is 6.61 Å². The summed E-state index contributed by atoms with van der Waals surface area (Å²) in [5, 5.41) is 10.9. The van der Waals surface area contributed by atoms with Crippen LogP contribution in [-0.2, 0) is 6.42 Å². The van der Waals surface area contributed by atoms with Crippen LogP contribution < -0.4 is 5.11 Å². The van der Waals surface area contributed by atoms with Crippen LogP contribution >= 0.6 is 11.6 Å². The number of halogens is 1. The summed E-state index contributed by atoms with van der Waals surface area (Å²) in [7, 11) is 0. The van der Waals surface area contributed by atoms with Gasteiger partial charge in [0.1, 0.15) is 0 Å². The summed E-state index contributed by atoms with van der Waals surface area (Å²) in [6, 6.07) is 7.35. The van der Waals surface area contributed by atoms with Crippen LogP contribution in [0.25, 0.3) is 0 Å². The molecule has 0 saturated carbocycles. The van der Waals surface area contributed by atoms with E-state index >= 15 is 0 Å². The van der Waals surface area contributed by atoms with Crippen LogP contribution in [0.15, 0.2) is 24.3 Å². The smallest absolute Gasteiger partial charge is 0.0406 e. The second kappa shape index (κ2) is 3.59. The first-order chi connectivity index (χ1) is 4.83. The lowest BCUT2D eigenvalue weighted by molar-refractivity contribution is -0.366. The average molecular weight is 156 g/mol. The minimum Gasteiger partial charge on any atom is -0.854 e. The van der Waals surface area contributed by atoms with Gasteiger partial charge in [-0.25, -0.2) is 0 Å². The van der Waals surface area contributed by atoms with Crippen molar-refractivity contribution in [1.29, 1.82) is 0 Å². The number of benzene rings is 1. The third-order valence-electron chi connectivity index (χ3n) is 1.30. The third-order valence-corrected chi connectivity index (χ3v) is 1.56. The molecule has 0 N–H and O–H groups in total. The molecule has 0 heterocycles. The molecule has 0 aliphatic carbocycles. The Bertz CT molecular complexity index is 193. The van der Waals surface area contributed by atoms with Gasteiger partial charge in [0.05, 0.1) is 0 Å². The highest BCUT2D eigenvalue weighted by atomic mass is 35.5. The van der Waals surface area contributed by atoms with Crippen molar-refractivity contribution in [1.82, 2.24) is 0 Å². The molecule has 0 fully saturated rings. The zero-order chi connectivity index (χ0) is 7.40. The van der Waals surface area contributed by atoms with Crippen LogP contribution in [0, 0.1) is 0 Å². The lowest BCUT2D eigenvalue weighted by Gasteiger charge is -2.02. The highest BCUT2D eigenvalue weighted by Crippen LogP contribution is 2.08. The topological polar surface area (TPSA) is 23.1 Å². The Morgan fingerprint density at radius 3 is 2.30 bits per heavy atom. The average Bonchev–Trinajstić information content (AvgIpc) is 1.95. The Balaban J connectivity index is 2.69. The van der Waals surface area contributed by atoms with E-state index in [0.29, 0.717) is 6.42 Å². The van der Waals surface area contributed by atoms with Crippen molar-refractivity contribution >= 4 is 11.6 Å². The summed E-state index contributed by atoms with van der Waals surface area (Å²) in [5.41, 5.74) is 1.06. The molecule has 0 radical (unpaired) electrons. The van der Waals surface area contributed by atoms with Crippen LogP contribution in [0.5, 0.6) is 0 Å². The molecule has 1 aromatic rings. The maximum atomic E-state index is 10.2. The lowest BCUT2D eigenvalue weighted by atomic mass is 10.2. The van der Waals surface area contributed by atoms with E-state index < -0.39 is 0 Å². The molecule has 0 amide bonds. The molecule has 0 saturated heterocycles. The largest absolute Gasteiger partial charge is 0.854 e. The fraction of sp³-hybridized carbons (Fsp3) is 0.250. The fourth-order valence-corrected chi connectivity index (χ4v) is 0.895. The molecule has 0 aliphatic heterocycles. The van der Waals surface area contributed by atoms with E-state index in [2.05, 4.69) is 0 Å². The van der Waals surface area contributed by atoms with Crippen molar-refractivity contribution in [2.45, 2.75) is 6.42 Å². The van der Waals surface area contributed by atoms with Gasteiger partial charge >= 0.3 is 0 Å². The highest BCUT2D eigenvalue weighted by molar-refractivity contribution is 6.30. The van der Waals surface area contributed by atoms with Gasteiger partial charge in [-0.1, -0.05) is 23.7 Å². The van der Waals surface area contributed by atoms with Gasteiger partial charge in [-0.3, -0.25) is 0 Å². The SMILES string of the molecule is [O-]CCc1ccc(Cl)cc1. The first-order valence-corrected chi connectivity index (χ1v) is 3.53. The third kappa shape index (κ3) is 2.01. The van der Waals surface area contributed by atoms with Crippen LogP contribution in [0.1, 0.15) is 5.56 Å². The van der Waals surface area contributed by atoms with Crippen molar-refractivity contribution in [3.05, 3.63) is 34.9 Å². The van der Waals surface area contributed by atoms with E-state index in [-0.39, 0.29) is 6.61 Å². The minimum absolute atomic E-state index is 0.0539.